The monoisotopic (exact) mass is 184 g/mol. The van der Waals surface area contributed by atoms with E-state index in [9.17, 15) is 0 Å². The Morgan fingerprint density at radius 3 is 1.08 bits per heavy atom. The standard InChI is InChI=1S/C4H12N2O2.4CH4/c5-3-7-1-2-8-4-6;;;;/h1-6H2;4*1H4. The van der Waals surface area contributed by atoms with Crippen LogP contribution in [0.1, 0.15) is 29.7 Å². The topological polar surface area (TPSA) is 70.5 Å². The van der Waals surface area contributed by atoms with Gasteiger partial charge in [0.05, 0.1) is 26.7 Å². The Morgan fingerprint density at radius 1 is 0.667 bits per heavy atom. The van der Waals surface area contributed by atoms with Crippen molar-refractivity contribution in [2.24, 2.45) is 11.5 Å². The van der Waals surface area contributed by atoms with E-state index in [-0.39, 0.29) is 43.2 Å². The van der Waals surface area contributed by atoms with Gasteiger partial charge in [-0.1, -0.05) is 29.7 Å². The molecule has 4 N–H and O–H groups in total. The second kappa shape index (κ2) is 30.8. The van der Waals surface area contributed by atoms with Gasteiger partial charge in [0.2, 0.25) is 0 Å². The summed E-state index contributed by atoms with van der Waals surface area (Å²) in [7, 11) is 0. The molecule has 0 heterocycles. The minimum Gasteiger partial charge on any atom is -0.364 e. The van der Waals surface area contributed by atoms with Crippen molar-refractivity contribution in [3.05, 3.63) is 0 Å². The summed E-state index contributed by atoms with van der Waals surface area (Å²) in [6, 6.07) is 0. The lowest BCUT2D eigenvalue weighted by atomic mass is 10.8. The van der Waals surface area contributed by atoms with Crippen molar-refractivity contribution in [2.45, 2.75) is 29.7 Å². The maximum Gasteiger partial charge on any atom is 0.0941 e. The van der Waals surface area contributed by atoms with Gasteiger partial charge in [0.25, 0.3) is 0 Å². The lowest BCUT2D eigenvalue weighted by Gasteiger charge is -1.98. The van der Waals surface area contributed by atoms with Gasteiger partial charge in [-0.05, 0) is 0 Å². The summed E-state index contributed by atoms with van der Waals surface area (Å²) in [5, 5.41) is 0. The van der Waals surface area contributed by atoms with E-state index in [4.69, 9.17) is 20.9 Å². The van der Waals surface area contributed by atoms with Crippen LogP contribution in [0.3, 0.4) is 0 Å². The first-order chi connectivity index (χ1) is 3.91. The Balaban J connectivity index is -0.0000000408. The molecule has 0 aromatic rings. The molecule has 82 valence electrons. The fraction of sp³-hybridized carbons (Fsp3) is 1.00. The van der Waals surface area contributed by atoms with Crippen LogP contribution in [0.2, 0.25) is 0 Å². The summed E-state index contributed by atoms with van der Waals surface area (Å²) in [5.41, 5.74) is 10.0. The van der Waals surface area contributed by atoms with E-state index in [0.29, 0.717) is 13.2 Å². The van der Waals surface area contributed by atoms with E-state index in [1.165, 1.54) is 0 Å². The summed E-state index contributed by atoms with van der Waals surface area (Å²) in [5.74, 6) is 0. The van der Waals surface area contributed by atoms with Gasteiger partial charge in [-0.3, -0.25) is 0 Å². The highest BCUT2D eigenvalue weighted by Gasteiger charge is 1.81. The molecular weight excluding hydrogens is 156 g/mol. The highest BCUT2D eigenvalue weighted by molar-refractivity contribution is 4.23. The molecule has 0 amide bonds. The molecule has 0 saturated carbocycles. The van der Waals surface area contributed by atoms with Crippen molar-refractivity contribution in [3.63, 3.8) is 0 Å². The third-order valence-corrected chi connectivity index (χ3v) is 0.608. The Bertz CT molecular complexity index is 40.0. The molecular formula is C8H28N2O2. The Morgan fingerprint density at radius 2 is 0.917 bits per heavy atom. The zero-order valence-electron chi connectivity index (χ0n) is 4.80. The van der Waals surface area contributed by atoms with Gasteiger partial charge < -0.3 is 20.9 Å². The zero-order valence-corrected chi connectivity index (χ0v) is 4.80. The number of ether oxygens (including phenoxy) is 2. The SMILES string of the molecule is C.C.C.C.NCOCCOCN. The van der Waals surface area contributed by atoms with Crippen molar-refractivity contribution < 1.29 is 9.47 Å². The molecule has 12 heavy (non-hydrogen) atoms. The molecule has 0 aromatic heterocycles. The van der Waals surface area contributed by atoms with Crippen molar-refractivity contribution >= 4 is 0 Å². The van der Waals surface area contributed by atoms with Crippen LogP contribution in [0, 0.1) is 0 Å². The molecule has 0 aliphatic carbocycles. The van der Waals surface area contributed by atoms with Crippen LogP contribution in [0.5, 0.6) is 0 Å². The Hall–Kier alpha value is -0.160. The molecule has 0 aliphatic heterocycles. The fourth-order valence-corrected chi connectivity index (χ4v) is 0.285. The van der Waals surface area contributed by atoms with E-state index >= 15 is 0 Å². The first-order valence-electron chi connectivity index (χ1n) is 2.47. The summed E-state index contributed by atoms with van der Waals surface area (Å²) in [6.07, 6.45) is 0. The lowest BCUT2D eigenvalue weighted by molar-refractivity contribution is 0.0529. The predicted molar refractivity (Wildman–Crippen MR) is 56.9 cm³/mol. The van der Waals surface area contributed by atoms with Crippen LogP contribution in [-0.2, 0) is 9.47 Å². The third-order valence-electron chi connectivity index (χ3n) is 0.608. The molecule has 4 heteroatoms. The third kappa shape index (κ3) is 32.8. The van der Waals surface area contributed by atoms with E-state index in [2.05, 4.69) is 0 Å². The van der Waals surface area contributed by atoms with Gasteiger partial charge >= 0.3 is 0 Å². The number of nitrogens with two attached hydrogens (primary N) is 2. The smallest absolute Gasteiger partial charge is 0.0941 e. The maximum atomic E-state index is 5.00. The Labute approximate surface area is 78.2 Å². The molecule has 0 aromatic carbocycles. The molecule has 0 unspecified atom stereocenters. The van der Waals surface area contributed by atoms with Crippen LogP contribution in [0.4, 0.5) is 0 Å². The molecule has 0 bridgehead atoms. The van der Waals surface area contributed by atoms with E-state index in [0.717, 1.165) is 0 Å². The van der Waals surface area contributed by atoms with Crippen LogP contribution >= 0.6 is 0 Å². The van der Waals surface area contributed by atoms with Gasteiger partial charge in [0.1, 0.15) is 0 Å². The van der Waals surface area contributed by atoms with Gasteiger partial charge in [-0.15, -0.1) is 0 Å². The molecule has 0 rings (SSSR count). The van der Waals surface area contributed by atoms with Gasteiger partial charge in [0, 0.05) is 0 Å². The highest BCUT2D eigenvalue weighted by Crippen LogP contribution is 1.70. The second-order valence-electron chi connectivity index (χ2n) is 1.15. The first kappa shape index (κ1) is 29.7. The van der Waals surface area contributed by atoms with Gasteiger partial charge in [0.15, 0.2) is 0 Å². The van der Waals surface area contributed by atoms with Crippen molar-refractivity contribution in [2.75, 3.05) is 26.7 Å². The lowest BCUT2D eigenvalue weighted by Crippen LogP contribution is -2.13. The van der Waals surface area contributed by atoms with Gasteiger partial charge in [-0.2, -0.15) is 0 Å². The summed E-state index contributed by atoms with van der Waals surface area (Å²) < 4.78 is 9.47. The summed E-state index contributed by atoms with van der Waals surface area (Å²) >= 11 is 0. The second-order valence-corrected chi connectivity index (χ2v) is 1.15. The minimum absolute atomic E-state index is 0. The maximum absolute atomic E-state index is 5.00. The average Bonchev–Trinajstić information content (AvgIpc) is 1.81. The molecule has 0 spiro atoms. The molecule has 4 nitrogen and oxygen atoms in total. The number of hydrogen-bond donors (Lipinski definition) is 2. The minimum atomic E-state index is 0. The normalized spacial score (nSPS) is 6.50. The fourth-order valence-electron chi connectivity index (χ4n) is 0.285. The average molecular weight is 184 g/mol. The van der Waals surface area contributed by atoms with Crippen LogP contribution < -0.4 is 11.5 Å². The van der Waals surface area contributed by atoms with E-state index < -0.39 is 0 Å². The predicted octanol–water partition coefficient (Wildman–Crippen LogP) is 1.40. The Kier molecular flexibility index (Phi) is 76.3. The van der Waals surface area contributed by atoms with Crippen molar-refractivity contribution in [3.8, 4) is 0 Å². The van der Waals surface area contributed by atoms with Gasteiger partial charge in [-0.25, -0.2) is 0 Å². The largest absolute Gasteiger partial charge is 0.364 e. The molecule has 0 radical (unpaired) electrons. The van der Waals surface area contributed by atoms with Crippen LogP contribution in [0.25, 0.3) is 0 Å². The van der Waals surface area contributed by atoms with Crippen molar-refractivity contribution in [1.82, 2.24) is 0 Å². The summed E-state index contributed by atoms with van der Waals surface area (Å²) in [4.78, 5) is 0. The highest BCUT2D eigenvalue weighted by atomic mass is 16.5. The summed E-state index contributed by atoms with van der Waals surface area (Å²) in [6.45, 7) is 1.53. The van der Waals surface area contributed by atoms with Crippen LogP contribution in [0.15, 0.2) is 0 Å². The van der Waals surface area contributed by atoms with E-state index in [1.807, 2.05) is 0 Å². The first-order valence-corrected chi connectivity index (χ1v) is 2.47. The quantitative estimate of drug-likeness (QED) is 0.500. The molecule has 0 aliphatic rings. The number of rotatable bonds is 5. The zero-order chi connectivity index (χ0) is 6.24. The number of hydrogen-bond acceptors (Lipinski definition) is 4. The van der Waals surface area contributed by atoms with Crippen molar-refractivity contribution in [1.29, 1.82) is 0 Å². The van der Waals surface area contributed by atoms with E-state index in [1.54, 1.807) is 0 Å². The molecule has 0 fully saturated rings. The molecule has 0 atom stereocenters. The van der Waals surface area contributed by atoms with Crippen LogP contribution in [-0.4, -0.2) is 26.7 Å². The molecule has 0 saturated heterocycles.